The highest BCUT2D eigenvalue weighted by atomic mass is 16.2. The minimum Gasteiger partial charge on any atom is -0.305 e. The van der Waals surface area contributed by atoms with Crippen LogP contribution < -0.4 is 10.9 Å². The van der Waals surface area contributed by atoms with E-state index in [0.29, 0.717) is 23.1 Å². The van der Waals surface area contributed by atoms with Gasteiger partial charge in [-0.15, -0.1) is 6.58 Å². The Bertz CT molecular complexity index is 643. The molecule has 1 heterocycles. The molecule has 106 valence electrons. The number of carbonyl (C=O) groups excluding carboxylic acids is 2. The summed E-state index contributed by atoms with van der Waals surface area (Å²) in [5, 5.41) is 0. The first-order chi connectivity index (χ1) is 10.2. The van der Waals surface area contributed by atoms with Crippen molar-refractivity contribution in [3.05, 3.63) is 78.3 Å². The molecule has 2 rings (SSSR count). The summed E-state index contributed by atoms with van der Waals surface area (Å²) in [6.07, 6.45) is 12.0. The van der Waals surface area contributed by atoms with Crippen molar-refractivity contribution in [1.29, 1.82) is 0 Å². The minimum absolute atomic E-state index is 0.0805. The number of hydrazine groups is 1. The zero-order valence-electron chi connectivity index (χ0n) is 11.4. The molecule has 21 heavy (non-hydrogen) atoms. The summed E-state index contributed by atoms with van der Waals surface area (Å²) in [5.74, 6) is -0.383. The van der Waals surface area contributed by atoms with Gasteiger partial charge in [0.1, 0.15) is 0 Å². The second kappa shape index (κ2) is 7.00. The van der Waals surface area contributed by atoms with E-state index in [-0.39, 0.29) is 11.7 Å². The number of nitrogens with zero attached hydrogens (tertiary/aromatic N) is 1. The standard InChI is InChI=1S/C16H15N3O2/c1-2-4-12-5-3-6-14(15(12)20)11-18-19-16(21)13-7-9-17-10-8-13/h2-3,5-11,18H,1,4H2,(H,19,21)/b14-11+. The predicted molar refractivity (Wildman–Crippen MR) is 80.0 cm³/mol. The lowest BCUT2D eigenvalue weighted by Gasteiger charge is -2.10. The van der Waals surface area contributed by atoms with Gasteiger partial charge in [0.15, 0.2) is 5.78 Å². The molecule has 1 aliphatic rings. The first kappa shape index (κ1) is 14.5. The normalized spacial score (nSPS) is 15.5. The summed E-state index contributed by atoms with van der Waals surface area (Å²) in [4.78, 5) is 27.7. The van der Waals surface area contributed by atoms with Gasteiger partial charge in [0, 0.05) is 35.3 Å². The Balaban J connectivity index is 1.95. The Morgan fingerprint density at radius 3 is 2.81 bits per heavy atom. The summed E-state index contributed by atoms with van der Waals surface area (Å²) in [5.41, 5.74) is 6.76. The summed E-state index contributed by atoms with van der Waals surface area (Å²) in [7, 11) is 0. The van der Waals surface area contributed by atoms with Gasteiger partial charge in [-0.2, -0.15) is 0 Å². The number of allylic oxidation sites excluding steroid dienone is 6. The molecule has 1 amide bonds. The molecule has 0 atom stereocenters. The van der Waals surface area contributed by atoms with Gasteiger partial charge in [-0.05, 0) is 24.6 Å². The lowest BCUT2D eigenvalue weighted by Crippen LogP contribution is -2.34. The number of rotatable bonds is 5. The van der Waals surface area contributed by atoms with Gasteiger partial charge in [-0.3, -0.25) is 20.0 Å². The molecule has 0 saturated heterocycles. The van der Waals surface area contributed by atoms with Gasteiger partial charge in [0.2, 0.25) is 0 Å². The Labute approximate surface area is 122 Å². The smallest absolute Gasteiger partial charge is 0.269 e. The summed E-state index contributed by atoms with van der Waals surface area (Å²) < 4.78 is 0. The average molecular weight is 281 g/mol. The fourth-order valence-corrected chi connectivity index (χ4v) is 1.79. The molecule has 0 bridgehead atoms. The molecule has 0 spiro atoms. The number of pyridine rings is 1. The van der Waals surface area contributed by atoms with Crippen LogP contribution in [-0.2, 0) is 4.79 Å². The van der Waals surface area contributed by atoms with E-state index in [1.54, 1.807) is 36.4 Å². The number of aromatic nitrogens is 1. The van der Waals surface area contributed by atoms with Gasteiger partial charge in [-0.1, -0.05) is 18.2 Å². The Hall–Kier alpha value is -2.95. The molecule has 1 aliphatic carbocycles. The molecule has 0 fully saturated rings. The van der Waals surface area contributed by atoms with Crippen LogP contribution in [0.25, 0.3) is 0 Å². The van der Waals surface area contributed by atoms with Crippen molar-refractivity contribution in [1.82, 2.24) is 15.8 Å². The van der Waals surface area contributed by atoms with E-state index in [0.717, 1.165) is 0 Å². The Morgan fingerprint density at radius 1 is 1.33 bits per heavy atom. The Morgan fingerprint density at radius 2 is 2.10 bits per heavy atom. The van der Waals surface area contributed by atoms with Crippen LogP contribution in [0.2, 0.25) is 0 Å². The predicted octanol–water partition coefficient (Wildman–Crippen LogP) is 1.84. The van der Waals surface area contributed by atoms with Crippen LogP contribution in [0.4, 0.5) is 0 Å². The fraction of sp³-hybridized carbons (Fsp3) is 0.0625. The molecule has 1 aromatic heterocycles. The van der Waals surface area contributed by atoms with Crippen molar-refractivity contribution in [2.45, 2.75) is 6.42 Å². The van der Waals surface area contributed by atoms with Crippen molar-refractivity contribution >= 4 is 11.7 Å². The second-order valence-electron chi connectivity index (χ2n) is 4.31. The van der Waals surface area contributed by atoms with E-state index in [2.05, 4.69) is 22.4 Å². The van der Waals surface area contributed by atoms with Gasteiger partial charge in [0.25, 0.3) is 5.91 Å². The molecular weight excluding hydrogens is 266 g/mol. The number of Topliss-reactive ketones (excluding diaryl/α,β-unsaturated/α-hetero) is 1. The summed E-state index contributed by atoms with van der Waals surface area (Å²) in [6.45, 7) is 3.62. The van der Waals surface area contributed by atoms with Crippen LogP contribution in [0, 0.1) is 0 Å². The molecule has 1 aromatic rings. The summed E-state index contributed by atoms with van der Waals surface area (Å²) in [6, 6.07) is 3.20. The highest BCUT2D eigenvalue weighted by Gasteiger charge is 2.14. The number of hydrogen-bond donors (Lipinski definition) is 2. The van der Waals surface area contributed by atoms with Crippen molar-refractivity contribution in [3.63, 3.8) is 0 Å². The monoisotopic (exact) mass is 281 g/mol. The highest BCUT2D eigenvalue weighted by molar-refractivity contribution is 6.11. The molecule has 5 heteroatoms. The number of amides is 1. The lowest BCUT2D eigenvalue weighted by molar-refractivity contribution is -0.112. The van der Waals surface area contributed by atoms with Crippen molar-refractivity contribution in [2.75, 3.05) is 0 Å². The van der Waals surface area contributed by atoms with Crippen LogP contribution in [0.3, 0.4) is 0 Å². The van der Waals surface area contributed by atoms with Crippen LogP contribution >= 0.6 is 0 Å². The zero-order chi connectivity index (χ0) is 15.1. The van der Waals surface area contributed by atoms with Crippen molar-refractivity contribution in [2.24, 2.45) is 0 Å². The largest absolute Gasteiger partial charge is 0.305 e. The zero-order valence-corrected chi connectivity index (χ0v) is 11.4. The van der Waals surface area contributed by atoms with E-state index in [9.17, 15) is 9.59 Å². The molecule has 2 N–H and O–H groups in total. The number of carbonyl (C=O) groups is 2. The van der Waals surface area contributed by atoms with Crippen molar-refractivity contribution < 1.29 is 9.59 Å². The van der Waals surface area contributed by atoms with E-state index >= 15 is 0 Å². The maximum atomic E-state index is 12.1. The maximum absolute atomic E-state index is 12.1. The van der Waals surface area contributed by atoms with E-state index in [1.165, 1.54) is 18.6 Å². The van der Waals surface area contributed by atoms with E-state index in [4.69, 9.17) is 0 Å². The quantitative estimate of drug-likeness (QED) is 0.491. The van der Waals surface area contributed by atoms with Gasteiger partial charge in [0.05, 0.1) is 0 Å². The van der Waals surface area contributed by atoms with E-state index < -0.39 is 0 Å². The van der Waals surface area contributed by atoms with Gasteiger partial charge in [-0.25, -0.2) is 0 Å². The second-order valence-corrected chi connectivity index (χ2v) is 4.31. The minimum atomic E-state index is -0.302. The lowest BCUT2D eigenvalue weighted by atomic mass is 9.97. The number of ketones is 1. The molecular formula is C16H15N3O2. The molecule has 0 aromatic carbocycles. The molecule has 0 saturated carbocycles. The average Bonchev–Trinajstić information content (AvgIpc) is 2.52. The third-order valence-corrected chi connectivity index (χ3v) is 2.85. The maximum Gasteiger partial charge on any atom is 0.269 e. The fourth-order valence-electron chi connectivity index (χ4n) is 1.79. The first-order valence-electron chi connectivity index (χ1n) is 6.41. The van der Waals surface area contributed by atoms with Crippen LogP contribution in [0.5, 0.6) is 0 Å². The molecule has 0 aliphatic heterocycles. The molecule has 0 unspecified atom stereocenters. The Kier molecular flexibility index (Phi) is 4.82. The van der Waals surface area contributed by atoms with E-state index in [1.807, 2.05) is 0 Å². The topological polar surface area (TPSA) is 71.1 Å². The molecule has 5 nitrogen and oxygen atoms in total. The van der Waals surface area contributed by atoms with Gasteiger partial charge >= 0.3 is 0 Å². The first-order valence-corrected chi connectivity index (χ1v) is 6.41. The number of hydrogen-bond acceptors (Lipinski definition) is 4. The summed E-state index contributed by atoms with van der Waals surface area (Å²) >= 11 is 0. The highest BCUT2D eigenvalue weighted by Crippen LogP contribution is 2.16. The third-order valence-electron chi connectivity index (χ3n) is 2.85. The van der Waals surface area contributed by atoms with Crippen LogP contribution in [0.1, 0.15) is 16.8 Å². The SMILES string of the molecule is C=CCC1=CC=C/C(=C\NNC(=O)c2ccncc2)C1=O. The van der Waals surface area contributed by atoms with Gasteiger partial charge < -0.3 is 5.43 Å². The number of nitrogens with one attached hydrogen (secondary N) is 2. The van der Waals surface area contributed by atoms with Crippen molar-refractivity contribution in [3.8, 4) is 0 Å². The molecule has 0 radical (unpaired) electrons. The van der Waals surface area contributed by atoms with Crippen LogP contribution in [0.15, 0.2) is 72.8 Å². The third kappa shape index (κ3) is 3.76. The van der Waals surface area contributed by atoms with Crippen LogP contribution in [-0.4, -0.2) is 16.7 Å².